The molecule has 0 atom stereocenters. The number of aryl methyl sites for hydroxylation is 2. The van der Waals surface area contributed by atoms with Crippen molar-refractivity contribution >= 4 is 18.4 Å². The fourth-order valence-electron chi connectivity index (χ4n) is 0.663. The summed E-state index contributed by atoms with van der Waals surface area (Å²) in [5.41, 5.74) is 2.74. The van der Waals surface area contributed by atoms with E-state index in [1.165, 1.54) is 11.1 Å². The molecule has 0 bridgehead atoms. The summed E-state index contributed by atoms with van der Waals surface area (Å²) < 4.78 is 0. The van der Waals surface area contributed by atoms with Crippen molar-refractivity contribution in [2.24, 2.45) is 0 Å². The van der Waals surface area contributed by atoms with Gasteiger partial charge in [-0.05, 0) is 25.0 Å². The van der Waals surface area contributed by atoms with E-state index >= 15 is 0 Å². The van der Waals surface area contributed by atoms with Crippen LogP contribution in [-0.2, 0) is 4.79 Å². The van der Waals surface area contributed by atoms with Crippen LogP contribution in [0.25, 0.3) is 0 Å². The van der Waals surface area contributed by atoms with Crippen LogP contribution in [0.1, 0.15) is 11.1 Å². The summed E-state index contributed by atoms with van der Waals surface area (Å²) in [6, 6.07) is 8.36. The number of rotatable bonds is 1. The second-order valence-corrected chi connectivity index (χ2v) is 2.63. The maximum absolute atomic E-state index is 9.25. The van der Waals surface area contributed by atoms with Crippen LogP contribution in [0.15, 0.2) is 36.9 Å². The van der Waals surface area contributed by atoms with Gasteiger partial charge >= 0.3 is 5.97 Å². The first-order chi connectivity index (χ1) is 6.07. The Bertz CT molecular complexity index is 274. The topological polar surface area (TPSA) is 37.3 Å². The van der Waals surface area contributed by atoms with Gasteiger partial charge in [0.15, 0.2) is 0 Å². The predicted molar refractivity (Wildman–Crippen MR) is 61.0 cm³/mol. The lowest BCUT2D eigenvalue weighted by atomic mass is 10.1. The fourth-order valence-corrected chi connectivity index (χ4v) is 0.663. The molecule has 1 aromatic carbocycles. The Morgan fingerprint density at radius 2 is 1.57 bits per heavy atom. The van der Waals surface area contributed by atoms with E-state index in [4.69, 9.17) is 5.11 Å². The van der Waals surface area contributed by atoms with Crippen LogP contribution < -0.4 is 0 Å². The molecule has 1 N–H and O–H groups in total. The molecular formula is C11H15ClO2. The molecule has 0 aromatic heterocycles. The summed E-state index contributed by atoms with van der Waals surface area (Å²) in [6.07, 6.45) is 0.833. The van der Waals surface area contributed by atoms with Crippen LogP contribution in [0.5, 0.6) is 0 Å². The Balaban J connectivity index is 0. The molecule has 0 radical (unpaired) electrons. The number of carboxylic acid groups (broad SMARTS) is 1. The van der Waals surface area contributed by atoms with E-state index in [-0.39, 0.29) is 12.4 Å². The van der Waals surface area contributed by atoms with Crippen LogP contribution in [-0.4, -0.2) is 11.1 Å². The molecule has 0 aliphatic rings. The van der Waals surface area contributed by atoms with E-state index in [2.05, 4.69) is 44.7 Å². The van der Waals surface area contributed by atoms with Crippen LogP contribution in [0, 0.1) is 13.8 Å². The minimum absolute atomic E-state index is 0. The van der Waals surface area contributed by atoms with Crippen molar-refractivity contribution in [3.05, 3.63) is 48.0 Å². The first kappa shape index (κ1) is 15.2. The summed E-state index contributed by atoms with van der Waals surface area (Å²) in [5.74, 6) is -0.981. The first-order valence-electron chi connectivity index (χ1n) is 3.95. The standard InChI is InChI=1S/C8H10.C3H4O2.ClH/c1-7-5-3-4-6-8(7)2;1-2-3(4)5;/h3-6H,1-2H3;2H,1H2,(H,4,5);1H. The molecule has 0 saturated carbocycles. The lowest BCUT2D eigenvalue weighted by Gasteiger charge is -1.93. The molecule has 1 rings (SSSR count). The number of hydrogen-bond acceptors (Lipinski definition) is 1. The largest absolute Gasteiger partial charge is 0.478 e. The lowest BCUT2D eigenvalue weighted by molar-refractivity contribution is -0.131. The number of halogens is 1. The van der Waals surface area contributed by atoms with Gasteiger partial charge < -0.3 is 5.11 Å². The lowest BCUT2D eigenvalue weighted by Crippen LogP contribution is -1.82. The molecule has 0 aliphatic carbocycles. The molecule has 14 heavy (non-hydrogen) atoms. The highest BCUT2D eigenvalue weighted by Crippen LogP contribution is 2.02. The van der Waals surface area contributed by atoms with Gasteiger partial charge in [0.1, 0.15) is 0 Å². The van der Waals surface area contributed by atoms with E-state index in [0.29, 0.717) is 0 Å². The van der Waals surface area contributed by atoms with Crippen molar-refractivity contribution in [1.82, 2.24) is 0 Å². The fraction of sp³-hybridized carbons (Fsp3) is 0.182. The van der Waals surface area contributed by atoms with Crippen molar-refractivity contribution in [3.63, 3.8) is 0 Å². The third-order valence-electron chi connectivity index (χ3n) is 1.60. The maximum Gasteiger partial charge on any atom is 0.327 e. The zero-order valence-corrected chi connectivity index (χ0v) is 9.17. The van der Waals surface area contributed by atoms with Crippen LogP contribution in [0.3, 0.4) is 0 Å². The Morgan fingerprint density at radius 1 is 1.29 bits per heavy atom. The molecule has 1 aromatic rings. The molecular weight excluding hydrogens is 200 g/mol. The van der Waals surface area contributed by atoms with Gasteiger partial charge in [0, 0.05) is 6.08 Å². The minimum Gasteiger partial charge on any atom is -0.478 e. The highest BCUT2D eigenvalue weighted by Gasteiger charge is 1.83. The Kier molecular flexibility index (Phi) is 9.04. The predicted octanol–water partition coefficient (Wildman–Crippen LogP) is 2.98. The van der Waals surface area contributed by atoms with Gasteiger partial charge in [0.2, 0.25) is 0 Å². The Hall–Kier alpha value is -1.28. The van der Waals surface area contributed by atoms with E-state index < -0.39 is 5.97 Å². The second-order valence-electron chi connectivity index (χ2n) is 2.63. The molecule has 0 heterocycles. The molecule has 0 saturated heterocycles. The van der Waals surface area contributed by atoms with Gasteiger partial charge in [0.05, 0.1) is 0 Å². The quantitative estimate of drug-likeness (QED) is 0.730. The van der Waals surface area contributed by atoms with E-state index in [1.54, 1.807) is 0 Å². The van der Waals surface area contributed by atoms with Crippen molar-refractivity contribution in [2.75, 3.05) is 0 Å². The number of aliphatic carboxylic acids is 1. The van der Waals surface area contributed by atoms with Gasteiger partial charge in [-0.2, -0.15) is 0 Å². The summed E-state index contributed by atoms with van der Waals surface area (Å²) in [5, 5.41) is 7.60. The molecule has 0 amide bonds. The van der Waals surface area contributed by atoms with Crippen molar-refractivity contribution in [3.8, 4) is 0 Å². The van der Waals surface area contributed by atoms with Gasteiger partial charge in [-0.25, -0.2) is 4.79 Å². The van der Waals surface area contributed by atoms with Crippen LogP contribution in [0.2, 0.25) is 0 Å². The molecule has 0 fully saturated rings. The third-order valence-corrected chi connectivity index (χ3v) is 1.60. The van der Waals surface area contributed by atoms with Crippen LogP contribution >= 0.6 is 12.4 Å². The number of hydrogen-bond donors (Lipinski definition) is 1. The SMILES string of the molecule is C=CC(=O)O.Cc1ccccc1C.Cl. The molecule has 2 nitrogen and oxygen atoms in total. The van der Waals surface area contributed by atoms with Crippen LogP contribution in [0.4, 0.5) is 0 Å². The number of benzene rings is 1. The summed E-state index contributed by atoms with van der Waals surface area (Å²) in [6.45, 7) is 7.20. The van der Waals surface area contributed by atoms with Gasteiger partial charge in [-0.15, -0.1) is 12.4 Å². The Labute approximate surface area is 90.7 Å². The summed E-state index contributed by atoms with van der Waals surface area (Å²) in [4.78, 5) is 9.25. The van der Waals surface area contributed by atoms with E-state index in [0.717, 1.165) is 6.08 Å². The van der Waals surface area contributed by atoms with Crippen molar-refractivity contribution < 1.29 is 9.90 Å². The summed E-state index contributed by atoms with van der Waals surface area (Å²) in [7, 11) is 0. The smallest absolute Gasteiger partial charge is 0.327 e. The average Bonchev–Trinajstić information content (AvgIpc) is 2.11. The monoisotopic (exact) mass is 214 g/mol. The molecule has 0 spiro atoms. The van der Waals surface area contributed by atoms with Gasteiger partial charge in [0.25, 0.3) is 0 Å². The molecule has 0 aliphatic heterocycles. The zero-order chi connectivity index (χ0) is 10.3. The zero-order valence-electron chi connectivity index (χ0n) is 8.36. The normalized spacial score (nSPS) is 7.57. The van der Waals surface area contributed by atoms with E-state index in [1.807, 2.05) is 0 Å². The molecule has 0 unspecified atom stereocenters. The molecule has 78 valence electrons. The van der Waals surface area contributed by atoms with E-state index in [9.17, 15) is 4.79 Å². The minimum atomic E-state index is -0.981. The second kappa shape index (κ2) is 8.32. The third kappa shape index (κ3) is 7.37. The van der Waals surface area contributed by atoms with Crippen molar-refractivity contribution in [1.29, 1.82) is 0 Å². The van der Waals surface area contributed by atoms with Gasteiger partial charge in [-0.1, -0.05) is 30.8 Å². The maximum atomic E-state index is 9.25. The number of carboxylic acids is 1. The van der Waals surface area contributed by atoms with Gasteiger partial charge in [-0.3, -0.25) is 0 Å². The first-order valence-corrected chi connectivity index (χ1v) is 3.95. The highest BCUT2D eigenvalue weighted by molar-refractivity contribution is 5.85. The number of carbonyl (C=O) groups is 1. The van der Waals surface area contributed by atoms with Crippen molar-refractivity contribution in [2.45, 2.75) is 13.8 Å². The Morgan fingerprint density at radius 3 is 1.71 bits per heavy atom. The highest BCUT2D eigenvalue weighted by atomic mass is 35.5. The summed E-state index contributed by atoms with van der Waals surface area (Å²) >= 11 is 0. The average molecular weight is 215 g/mol. The molecule has 3 heteroatoms.